The Balaban J connectivity index is 1.23. The SMILES string of the molecule is CNS(=O)(=O)c1cccc(OCC(O)CNC2COC3(CCN(S(=O)(=O)c4ccc(C(F)(F)F)cc4)CC3)C2)c1. The number of hydrogen-bond donors (Lipinski definition) is 3. The summed E-state index contributed by atoms with van der Waals surface area (Å²) in [5.74, 6) is 0.302. The van der Waals surface area contributed by atoms with E-state index < -0.39 is 43.5 Å². The Bertz CT molecular complexity index is 1380. The van der Waals surface area contributed by atoms with Gasteiger partial charge in [-0.3, -0.25) is 0 Å². The normalized spacial score (nSPS) is 21.0. The average molecular weight is 608 g/mol. The molecule has 0 aliphatic carbocycles. The largest absolute Gasteiger partial charge is 0.491 e. The fourth-order valence-electron chi connectivity index (χ4n) is 4.83. The van der Waals surface area contributed by atoms with Gasteiger partial charge in [0.1, 0.15) is 18.5 Å². The standard InChI is InChI=1S/C25H32F3N3O7S2/c1-29-39(33,34)23-4-2-3-21(13-23)37-17-20(32)15-30-19-14-24(38-16-19)9-11-31(12-10-24)40(35,36)22-7-5-18(6-8-22)25(26,27)28/h2-8,13,19-20,29-30,32H,9-12,14-17H2,1H3. The minimum absolute atomic E-state index is 0.0479. The Kier molecular flexibility index (Phi) is 9.14. The molecule has 2 unspecified atom stereocenters. The van der Waals surface area contributed by atoms with Crippen LogP contribution in [-0.4, -0.2) is 83.9 Å². The fourth-order valence-corrected chi connectivity index (χ4v) is 7.03. The highest BCUT2D eigenvalue weighted by atomic mass is 32.2. The molecule has 2 fully saturated rings. The molecule has 2 atom stereocenters. The van der Waals surface area contributed by atoms with Gasteiger partial charge < -0.3 is 19.9 Å². The van der Waals surface area contributed by atoms with E-state index in [0.29, 0.717) is 31.6 Å². The minimum atomic E-state index is -4.54. The van der Waals surface area contributed by atoms with Crippen LogP contribution in [0.3, 0.4) is 0 Å². The second-order valence-corrected chi connectivity index (χ2v) is 13.7. The van der Waals surface area contributed by atoms with Gasteiger partial charge in [0.2, 0.25) is 20.0 Å². The molecule has 0 radical (unpaired) electrons. The van der Waals surface area contributed by atoms with Crippen LogP contribution in [0.15, 0.2) is 58.3 Å². The van der Waals surface area contributed by atoms with Crippen LogP contribution >= 0.6 is 0 Å². The third-order valence-electron chi connectivity index (χ3n) is 7.13. The molecule has 0 bridgehead atoms. The molecule has 2 aliphatic heterocycles. The van der Waals surface area contributed by atoms with Crippen molar-refractivity contribution in [2.75, 3.05) is 39.9 Å². The summed E-state index contributed by atoms with van der Waals surface area (Å²) in [5, 5.41) is 13.6. The molecule has 2 heterocycles. The maximum Gasteiger partial charge on any atom is 0.416 e. The highest BCUT2D eigenvalue weighted by molar-refractivity contribution is 7.89. The van der Waals surface area contributed by atoms with E-state index in [1.165, 1.54) is 23.5 Å². The second kappa shape index (κ2) is 11.9. The van der Waals surface area contributed by atoms with Gasteiger partial charge >= 0.3 is 6.18 Å². The predicted octanol–water partition coefficient (Wildman–Crippen LogP) is 1.96. The van der Waals surface area contributed by atoms with Crippen molar-refractivity contribution < 1.29 is 44.6 Å². The molecule has 222 valence electrons. The highest BCUT2D eigenvalue weighted by Gasteiger charge is 2.45. The zero-order valence-electron chi connectivity index (χ0n) is 21.7. The van der Waals surface area contributed by atoms with Gasteiger partial charge in [-0.05, 0) is 62.7 Å². The van der Waals surface area contributed by atoms with E-state index in [0.717, 1.165) is 24.3 Å². The number of rotatable bonds is 10. The molecule has 0 saturated carbocycles. The van der Waals surface area contributed by atoms with Crippen LogP contribution in [0.4, 0.5) is 13.2 Å². The summed E-state index contributed by atoms with van der Waals surface area (Å²) in [6.45, 7) is 0.867. The molecule has 0 amide bonds. The van der Waals surface area contributed by atoms with Gasteiger partial charge in [0.05, 0.1) is 27.6 Å². The topological polar surface area (TPSA) is 134 Å². The summed E-state index contributed by atoms with van der Waals surface area (Å²) >= 11 is 0. The van der Waals surface area contributed by atoms with E-state index in [4.69, 9.17) is 9.47 Å². The first-order chi connectivity index (χ1) is 18.7. The van der Waals surface area contributed by atoms with Crippen molar-refractivity contribution in [2.24, 2.45) is 0 Å². The number of benzene rings is 2. The number of alkyl halides is 3. The molecule has 40 heavy (non-hydrogen) atoms. The summed E-state index contributed by atoms with van der Waals surface area (Å²) in [4.78, 5) is -0.137. The molecular formula is C25H32F3N3O7S2. The quantitative estimate of drug-likeness (QED) is 0.373. The number of nitrogens with zero attached hydrogens (tertiary/aromatic N) is 1. The number of aliphatic hydroxyl groups is 1. The van der Waals surface area contributed by atoms with Gasteiger partial charge in [0, 0.05) is 31.7 Å². The maximum absolute atomic E-state index is 13.0. The Morgan fingerprint density at radius 2 is 1.77 bits per heavy atom. The predicted molar refractivity (Wildman–Crippen MR) is 139 cm³/mol. The van der Waals surface area contributed by atoms with Crippen LogP contribution in [0.1, 0.15) is 24.8 Å². The monoisotopic (exact) mass is 607 g/mol. The van der Waals surface area contributed by atoms with Gasteiger partial charge in [-0.15, -0.1) is 0 Å². The van der Waals surface area contributed by atoms with Crippen LogP contribution in [-0.2, 0) is 31.0 Å². The lowest BCUT2D eigenvalue weighted by Crippen LogP contribution is -2.47. The molecular weight excluding hydrogens is 575 g/mol. The van der Waals surface area contributed by atoms with Crippen molar-refractivity contribution in [3.05, 3.63) is 54.1 Å². The van der Waals surface area contributed by atoms with Gasteiger partial charge in [-0.2, -0.15) is 17.5 Å². The van der Waals surface area contributed by atoms with Crippen LogP contribution < -0.4 is 14.8 Å². The first kappa shape index (κ1) is 30.7. The average Bonchev–Trinajstić information content (AvgIpc) is 3.32. The van der Waals surface area contributed by atoms with Crippen molar-refractivity contribution in [3.8, 4) is 5.75 Å². The number of sulfonamides is 2. The van der Waals surface area contributed by atoms with Crippen LogP contribution in [0.25, 0.3) is 0 Å². The van der Waals surface area contributed by atoms with Crippen molar-refractivity contribution in [1.29, 1.82) is 0 Å². The lowest BCUT2D eigenvalue weighted by Gasteiger charge is -2.38. The lowest BCUT2D eigenvalue weighted by molar-refractivity contribution is -0.137. The molecule has 10 nitrogen and oxygen atoms in total. The molecule has 2 aliphatic rings. The smallest absolute Gasteiger partial charge is 0.416 e. The Morgan fingerprint density at radius 1 is 1.10 bits per heavy atom. The molecule has 3 N–H and O–H groups in total. The van der Waals surface area contributed by atoms with Crippen LogP contribution in [0, 0.1) is 0 Å². The number of hydrogen-bond acceptors (Lipinski definition) is 8. The van der Waals surface area contributed by atoms with Crippen molar-refractivity contribution in [2.45, 2.75) is 53.0 Å². The van der Waals surface area contributed by atoms with E-state index in [1.807, 2.05) is 0 Å². The third kappa shape index (κ3) is 7.13. The summed E-state index contributed by atoms with van der Waals surface area (Å²) in [7, 11) is -6.25. The number of aliphatic hydroxyl groups excluding tert-OH is 1. The minimum Gasteiger partial charge on any atom is -0.491 e. The Morgan fingerprint density at radius 3 is 2.40 bits per heavy atom. The van der Waals surface area contributed by atoms with E-state index in [1.54, 1.807) is 12.1 Å². The summed E-state index contributed by atoms with van der Waals surface area (Å²) in [6.07, 6.45) is -3.95. The van der Waals surface area contributed by atoms with Crippen molar-refractivity contribution >= 4 is 20.0 Å². The molecule has 2 aromatic rings. The van der Waals surface area contributed by atoms with E-state index >= 15 is 0 Å². The number of halogens is 3. The molecule has 2 saturated heterocycles. The van der Waals surface area contributed by atoms with Crippen LogP contribution in [0.2, 0.25) is 0 Å². The fraction of sp³-hybridized carbons (Fsp3) is 0.520. The Labute approximate surface area is 231 Å². The number of nitrogens with one attached hydrogen (secondary N) is 2. The van der Waals surface area contributed by atoms with Gasteiger partial charge in [-0.1, -0.05) is 6.07 Å². The van der Waals surface area contributed by atoms with Gasteiger partial charge in [0.15, 0.2) is 0 Å². The first-order valence-electron chi connectivity index (χ1n) is 12.6. The summed E-state index contributed by atoms with van der Waals surface area (Å²) < 4.78 is 103. The first-order valence-corrected chi connectivity index (χ1v) is 15.6. The summed E-state index contributed by atoms with van der Waals surface area (Å²) in [6, 6.07) is 9.34. The van der Waals surface area contributed by atoms with E-state index in [2.05, 4.69) is 10.0 Å². The zero-order valence-corrected chi connectivity index (χ0v) is 23.4. The second-order valence-electron chi connectivity index (χ2n) is 9.88. The molecule has 15 heteroatoms. The van der Waals surface area contributed by atoms with Gasteiger partial charge in [0.25, 0.3) is 0 Å². The molecule has 0 aromatic heterocycles. The number of piperidine rings is 1. The lowest BCUT2D eigenvalue weighted by atomic mass is 9.88. The number of ether oxygens (including phenoxy) is 2. The van der Waals surface area contributed by atoms with E-state index in [-0.39, 0.29) is 42.1 Å². The van der Waals surface area contributed by atoms with Crippen molar-refractivity contribution in [3.63, 3.8) is 0 Å². The highest BCUT2D eigenvalue weighted by Crippen LogP contribution is 2.38. The molecule has 4 rings (SSSR count). The van der Waals surface area contributed by atoms with E-state index in [9.17, 15) is 35.1 Å². The zero-order chi connectivity index (χ0) is 29.2. The molecule has 2 aromatic carbocycles. The third-order valence-corrected chi connectivity index (χ3v) is 10.5. The summed E-state index contributed by atoms with van der Waals surface area (Å²) in [5.41, 5.74) is -1.43. The van der Waals surface area contributed by atoms with Crippen molar-refractivity contribution in [1.82, 2.24) is 14.3 Å². The van der Waals surface area contributed by atoms with Gasteiger partial charge in [-0.25, -0.2) is 21.6 Å². The maximum atomic E-state index is 13.0. The van der Waals surface area contributed by atoms with Crippen LogP contribution in [0.5, 0.6) is 5.75 Å². The Hall–Kier alpha value is -2.27. The molecule has 1 spiro atoms.